The number of carbonyl (C=O) groups excluding carboxylic acids is 2. The fraction of sp³-hybridized carbons (Fsp3) is 0.292. The highest BCUT2D eigenvalue weighted by atomic mass is 16.5. The number of anilines is 2. The molecule has 3 atom stereocenters. The molecule has 0 radical (unpaired) electrons. The molecule has 3 aromatic rings. The first-order valence-corrected chi connectivity index (χ1v) is 11.1. The van der Waals surface area contributed by atoms with E-state index in [2.05, 4.69) is 26.5 Å². The predicted molar refractivity (Wildman–Crippen MR) is 127 cm³/mol. The Balaban J connectivity index is 1.38. The van der Waals surface area contributed by atoms with Crippen molar-refractivity contribution in [2.45, 2.75) is 26.3 Å². The van der Waals surface area contributed by atoms with Crippen molar-refractivity contribution in [2.24, 2.45) is 5.92 Å². The van der Waals surface area contributed by atoms with Gasteiger partial charge in [-0.25, -0.2) is 10.1 Å². The summed E-state index contributed by atoms with van der Waals surface area (Å²) in [4.78, 5) is 25.8. The third-order valence-electron chi connectivity index (χ3n) is 6.09. The number of rotatable bonds is 5. The second-order valence-corrected chi connectivity index (χ2v) is 8.50. The largest absolute Gasteiger partial charge is 0.497 e. The fourth-order valence-corrected chi connectivity index (χ4v) is 4.29. The summed E-state index contributed by atoms with van der Waals surface area (Å²) in [7, 11) is 1.58. The van der Waals surface area contributed by atoms with Crippen molar-refractivity contribution in [3.63, 3.8) is 0 Å². The monoisotopic (exact) mass is 461 g/mol. The standard InChI is InChI=1S/C24H27N7O3/c1-14-4-8-17(9-5-14)30-21-19(13-25-30)23(33)28-24(27-21)31-20(12-15(2)29-31)26-22(32)16-6-10-18(34-3)11-7-16/h4-12,19,21,24-25,27H,13H2,1-3H3,(H,26,32)(H,28,33). The lowest BCUT2D eigenvalue weighted by atomic mass is 10.0. The third-order valence-corrected chi connectivity index (χ3v) is 6.09. The first-order valence-electron chi connectivity index (χ1n) is 11.1. The van der Waals surface area contributed by atoms with Gasteiger partial charge in [0.15, 0.2) is 6.29 Å². The molecule has 5 rings (SSSR count). The normalized spacial score (nSPS) is 21.7. The molecule has 0 saturated carbocycles. The van der Waals surface area contributed by atoms with Crippen molar-refractivity contribution in [3.8, 4) is 5.75 Å². The van der Waals surface area contributed by atoms with Crippen molar-refractivity contribution in [1.82, 2.24) is 25.8 Å². The van der Waals surface area contributed by atoms with Crippen LogP contribution in [0.1, 0.15) is 27.9 Å². The highest BCUT2D eigenvalue weighted by Crippen LogP contribution is 2.28. The molecule has 3 heterocycles. The van der Waals surface area contributed by atoms with E-state index in [1.165, 1.54) is 0 Å². The number of carbonyl (C=O) groups is 2. The van der Waals surface area contributed by atoms with Gasteiger partial charge in [-0.1, -0.05) is 17.7 Å². The molecule has 0 aliphatic carbocycles. The molecule has 10 heteroatoms. The molecule has 10 nitrogen and oxygen atoms in total. The number of amides is 2. The Labute approximate surface area is 197 Å². The van der Waals surface area contributed by atoms with Crippen LogP contribution in [-0.4, -0.2) is 41.4 Å². The molecule has 0 spiro atoms. The van der Waals surface area contributed by atoms with Crippen molar-refractivity contribution >= 4 is 23.3 Å². The number of hydrogen-bond donors (Lipinski definition) is 4. The zero-order chi connectivity index (χ0) is 23.8. The number of nitrogens with zero attached hydrogens (tertiary/aromatic N) is 3. The second kappa shape index (κ2) is 8.81. The van der Waals surface area contributed by atoms with Gasteiger partial charge in [0, 0.05) is 18.2 Å². The lowest BCUT2D eigenvalue weighted by Gasteiger charge is -2.37. The topological polar surface area (TPSA) is 113 Å². The van der Waals surface area contributed by atoms with E-state index in [4.69, 9.17) is 4.74 Å². The molecule has 2 aliphatic heterocycles. The van der Waals surface area contributed by atoms with Gasteiger partial charge in [-0.15, -0.1) is 0 Å². The molecular formula is C24H27N7O3. The number of aromatic nitrogens is 2. The van der Waals surface area contributed by atoms with E-state index < -0.39 is 6.29 Å². The number of nitrogens with one attached hydrogen (secondary N) is 4. The van der Waals surface area contributed by atoms with Crippen molar-refractivity contribution < 1.29 is 14.3 Å². The summed E-state index contributed by atoms with van der Waals surface area (Å²) in [5.41, 5.74) is 6.64. The summed E-state index contributed by atoms with van der Waals surface area (Å²) in [5.74, 6) is 0.502. The first-order chi connectivity index (χ1) is 16.4. The van der Waals surface area contributed by atoms with Crippen LogP contribution in [0.3, 0.4) is 0 Å². The first kappa shape index (κ1) is 21.9. The number of hydrogen-bond acceptors (Lipinski definition) is 7. The van der Waals surface area contributed by atoms with E-state index in [9.17, 15) is 9.59 Å². The van der Waals surface area contributed by atoms with Gasteiger partial charge in [-0.3, -0.25) is 19.9 Å². The lowest BCUT2D eigenvalue weighted by Crippen LogP contribution is -2.61. The summed E-state index contributed by atoms with van der Waals surface area (Å²) in [6.45, 7) is 4.39. The van der Waals surface area contributed by atoms with Gasteiger partial charge >= 0.3 is 0 Å². The van der Waals surface area contributed by atoms with Crippen LogP contribution in [0.5, 0.6) is 5.75 Å². The second-order valence-electron chi connectivity index (χ2n) is 8.50. The summed E-state index contributed by atoms with van der Waals surface area (Å²) in [6.07, 6.45) is -0.919. The van der Waals surface area contributed by atoms with E-state index in [0.29, 0.717) is 29.4 Å². The Bertz CT molecular complexity index is 1210. The van der Waals surface area contributed by atoms with Crippen LogP contribution in [0.25, 0.3) is 0 Å². The summed E-state index contributed by atoms with van der Waals surface area (Å²) >= 11 is 0. The van der Waals surface area contributed by atoms with Crippen molar-refractivity contribution in [1.29, 1.82) is 0 Å². The average molecular weight is 462 g/mol. The van der Waals surface area contributed by atoms with Gasteiger partial charge in [0.05, 0.1) is 24.4 Å². The number of aryl methyl sites for hydroxylation is 2. The Morgan fingerprint density at radius 3 is 2.56 bits per heavy atom. The molecule has 176 valence electrons. The van der Waals surface area contributed by atoms with E-state index >= 15 is 0 Å². The predicted octanol–water partition coefficient (Wildman–Crippen LogP) is 1.90. The minimum atomic E-state index is -0.638. The van der Waals surface area contributed by atoms with Crippen LogP contribution < -0.4 is 31.1 Å². The molecule has 2 saturated heterocycles. The Morgan fingerprint density at radius 2 is 1.85 bits per heavy atom. The van der Waals surface area contributed by atoms with Crippen LogP contribution in [0, 0.1) is 19.8 Å². The molecule has 2 aromatic carbocycles. The third kappa shape index (κ3) is 4.09. The summed E-state index contributed by atoms with van der Waals surface area (Å²) < 4.78 is 6.75. The van der Waals surface area contributed by atoms with Crippen LogP contribution in [-0.2, 0) is 4.79 Å². The van der Waals surface area contributed by atoms with Gasteiger partial charge in [-0.2, -0.15) is 5.10 Å². The number of fused-ring (bicyclic) bond motifs is 1. The Kier molecular flexibility index (Phi) is 5.68. The molecule has 0 bridgehead atoms. The van der Waals surface area contributed by atoms with Crippen molar-refractivity contribution in [3.05, 3.63) is 71.4 Å². The smallest absolute Gasteiger partial charge is 0.256 e. The van der Waals surface area contributed by atoms with E-state index in [0.717, 1.165) is 11.3 Å². The van der Waals surface area contributed by atoms with Crippen LogP contribution >= 0.6 is 0 Å². The number of hydrazine groups is 1. The van der Waals surface area contributed by atoms with Gasteiger partial charge in [0.25, 0.3) is 5.91 Å². The maximum atomic E-state index is 13.0. The van der Waals surface area contributed by atoms with Crippen molar-refractivity contribution in [2.75, 3.05) is 24.0 Å². The molecule has 1 aromatic heterocycles. The quantitative estimate of drug-likeness (QED) is 0.459. The summed E-state index contributed by atoms with van der Waals surface area (Å²) in [6, 6.07) is 16.7. The van der Waals surface area contributed by atoms with Crippen LogP contribution in [0.4, 0.5) is 11.5 Å². The molecule has 34 heavy (non-hydrogen) atoms. The Hall–Kier alpha value is -3.89. The lowest BCUT2D eigenvalue weighted by molar-refractivity contribution is -0.129. The molecule has 2 fully saturated rings. The zero-order valence-corrected chi connectivity index (χ0v) is 19.2. The van der Waals surface area contributed by atoms with Gasteiger partial charge in [0.2, 0.25) is 5.91 Å². The number of methoxy groups -OCH3 is 1. The molecule has 3 unspecified atom stereocenters. The Morgan fingerprint density at radius 1 is 1.12 bits per heavy atom. The number of benzene rings is 2. The van der Waals surface area contributed by atoms with E-state index in [1.54, 1.807) is 42.1 Å². The molecule has 2 aliphatic rings. The van der Waals surface area contributed by atoms with Crippen LogP contribution in [0.15, 0.2) is 54.6 Å². The van der Waals surface area contributed by atoms with E-state index in [-0.39, 0.29) is 23.9 Å². The maximum absolute atomic E-state index is 13.0. The van der Waals surface area contributed by atoms with Gasteiger partial charge in [-0.05, 0) is 50.2 Å². The fourth-order valence-electron chi connectivity index (χ4n) is 4.29. The highest BCUT2D eigenvalue weighted by Gasteiger charge is 2.45. The molecule has 4 N–H and O–H groups in total. The highest BCUT2D eigenvalue weighted by molar-refractivity contribution is 6.03. The maximum Gasteiger partial charge on any atom is 0.256 e. The van der Waals surface area contributed by atoms with Gasteiger partial charge < -0.3 is 15.4 Å². The minimum Gasteiger partial charge on any atom is -0.497 e. The SMILES string of the molecule is COc1ccc(C(=O)Nc2cc(C)nn2C2NC(=O)C3CNN(c4ccc(C)cc4)C3N2)cc1. The average Bonchev–Trinajstić information content (AvgIpc) is 3.43. The minimum absolute atomic E-state index is 0.0866. The van der Waals surface area contributed by atoms with Crippen LogP contribution in [0.2, 0.25) is 0 Å². The van der Waals surface area contributed by atoms with E-state index in [1.807, 2.05) is 43.1 Å². The zero-order valence-electron chi connectivity index (χ0n) is 19.2. The summed E-state index contributed by atoms with van der Waals surface area (Å²) in [5, 5.41) is 15.9. The molecule has 2 amide bonds. The van der Waals surface area contributed by atoms with Gasteiger partial charge in [0.1, 0.15) is 17.7 Å². The molecular weight excluding hydrogens is 434 g/mol. The number of ether oxygens (including phenoxy) is 1.